The molecule has 0 aromatic heterocycles. The molecule has 0 radical (unpaired) electrons. The summed E-state index contributed by atoms with van der Waals surface area (Å²) < 4.78 is 0. The van der Waals surface area contributed by atoms with E-state index >= 15 is 0 Å². The number of carbonyl (C=O) groups is 1. The van der Waals surface area contributed by atoms with Crippen LogP contribution >= 0.6 is 0 Å². The van der Waals surface area contributed by atoms with Gasteiger partial charge in [-0.25, -0.2) is 0 Å². The molecule has 110 valence electrons. The van der Waals surface area contributed by atoms with Crippen LogP contribution in [0.3, 0.4) is 0 Å². The van der Waals surface area contributed by atoms with Gasteiger partial charge in [-0.15, -0.1) is 0 Å². The fraction of sp³-hybridized carbons (Fsp3) is 0.938. The third kappa shape index (κ3) is 2.59. The highest BCUT2D eigenvalue weighted by molar-refractivity contribution is 5.83. The second kappa shape index (κ2) is 5.92. The molecule has 0 aliphatic heterocycles. The lowest BCUT2D eigenvalue weighted by Gasteiger charge is -2.45. The molecule has 2 saturated carbocycles. The number of hydrogen-bond donors (Lipinski definition) is 2. The molecule has 0 heterocycles. The first kappa shape index (κ1) is 15.0. The Morgan fingerprint density at radius 3 is 2.63 bits per heavy atom. The average Bonchev–Trinajstić information content (AvgIpc) is 2.76. The van der Waals surface area contributed by atoms with Gasteiger partial charge in [-0.3, -0.25) is 4.79 Å². The van der Waals surface area contributed by atoms with E-state index in [2.05, 4.69) is 13.8 Å². The quantitative estimate of drug-likeness (QED) is 0.805. The van der Waals surface area contributed by atoms with Gasteiger partial charge in [0.25, 0.3) is 0 Å². The third-order valence-corrected chi connectivity index (χ3v) is 6.14. The molecular formula is C16H28O3. The van der Waals surface area contributed by atoms with Gasteiger partial charge in [-0.05, 0) is 55.3 Å². The first-order valence-electron chi connectivity index (χ1n) is 7.81. The number of rotatable bonds is 5. The maximum Gasteiger partial charge on any atom is 0.161 e. The van der Waals surface area contributed by atoms with Gasteiger partial charge in [-0.1, -0.05) is 20.3 Å². The smallest absolute Gasteiger partial charge is 0.161 e. The van der Waals surface area contributed by atoms with Crippen molar-refractivity contribution in [3.8, 4) is 0 Å². The Kier molecular flexibility index (Phi) is 4.67. The number of carbonyl (C=O) groups excluding carboxylic acids is 1. The van der Waals surface area contributed by atoms with Crippen LogP contribution in [0.1, 0.15) is 52.4 Å². The molecule has 2 fully saturated rings. The standard InChI is InChI=1S/C16H28O3/c1-3-11(9-17)12-6-7-16(2)13(8-12)4-5-14(16)15(19)10-18/h11-14,17-18H,3-10H2,1-2H3/t11-,12?,13?,14?,16+/m1/s1. The zero-order valence-corrected chi connectivity index (χ0v) is 12.3. The van der Waals surface area contributed by atoms with E-state index in [1.54, 1.807) is 0 Å². The van der Waals surface area contributed by atoms with E-state index in [1.165, 1.54) is 0 Å². The highest BCUT2D eigenvalue weighted by Gasteiger charge is 2.52. The molecule has 0 bridgehead atoms. The lowest BCUT2D eigenvalue weighted by Crippen LogP contribution is -2.40. The molecule has 0 aromatic rings. The molecule has 0 saturated heterocycles. The maximum atomic E-state index is 11.9. The zero-order chi connectivity index (χ0) is 14.0. The highest BCUT2D eigenvalue weighted by atomic mass is 16.3. The fourth-order valence-electron chi connectivity index (χ4n) is 4.74. The van der Waals surface area contributed by atoms with Crippen LogP contribution in [0.4, 0.5) is 0 Å². The monoisotopic (exact) mass is 268 g/mol. The number of aliphatic hydroxyl groups excluding tert-OH is 2. The summed E-state index contributed by atoms with van der Waals surface area (Å²) >= 11 is 0. The minimum atomic E-state index is -0.301. The van der Waals surface area contributed by atoms with Gasteiger partial charge >= 0.3 is 0 Å². The SMILES string of the molecule is CC[C@H](CO)C1CC[C@@]2(C)C(CCC2C(=O)CO)C1. The van der Waals surface area contributed by atoms with E-state index in [-0.39, 0.29) is 23.7 Å². The molecule has 3 heteroatoms. The molecule has 3 nitrogen and oxygen atoms in total. The van der Waals surface area contributed by atoms with E-state index in [9.17, 15) is 9.90 Å². The number of fused-ring (bicyclic) bond motifs is 1. The van der Waals surface area contributed by atoms with Crippen molar-refractivity contribution in [2.24, 2.45) is 29.1 Å². The predicted molar refractivity (Wildman–Crippen MR) is 74.6 cm³/mol. The maximum absolute atomic E-state index is 11.9. The number of ketones is 1. The molecule has 19 heavy (non-hydrogen) atoms. The van der Waals surface area contributed by atoms with Gasteiger partial charge in [0.1, 0.15) is 6.61 Å². The van der Waals surface area contributed by atoms with E-state index in [0.717, 1.165) is 38.5 Å². The zero-order valence-electron chi connectivity index (χ0n) is 12.3. The van der Waals surface area contributed by atoms with Crippen LogP contribution in [0.2, 0.25) is 0 Å². The van der Waals surface area contributed by atoms with Crippen LogP contribution < -0.4 is 0 Å². The molecule has 5 atom stereocenters. The summed E-state index contributed by atoms with van der Waals surface area (Å²) in [5, 5.41) is 18.6. The van der Waals surface area contributed by atoms with Crippen LogP contribution in [0.25, 0.3) is 0 Å². The van der Waals surface area contributed by atoms with E-state index in [0.29, 0.717) is 24.4 Å². The highest BCUT2D eigenvalue weighted by Crippen LogP contribution is 2.57. The Hall–Kier alpha value is -0.410. The number of hydrogen-bond acceptors (Lipinski definition) is 3. The molecule has 2 N–H and O–H groups in total. The van der Waals surface area contributed by atoms with Crippen molar-refractivity contribution in [2.45, 2.75) is 52.4 Å². The van der Waals surface area contributed by atoms with Crippen molar-refractivity contribution in [1.82, 2.24) is 0 Å². The lowest BCUT2D eigenvalue weighted by atomic mass is 9.60. The topological polar surface area (TPSA) is 57.5 Å². The largest absolute Gasteiger partial charge is 0.396 e. The molecule has 0 amide bonds. The molecule has 2 rings (SSSR count). The summed E-state index contributed by atoms with van der Waals surface area (Å²) in [5.41, 5.74) is 0.101. The summed E-state index contributed by atoms with van der Waals surface area (Å²) in [7, 11) is 0. The number of aliphatic hydroxyl groups is 2. The molecular weight excluding hydrogens is 240 g/mol. The fourth-order valence-corrected chi connectivity index (χ4v) is 4.74. The Labute approximate surface area is 116 Å². The number of Topliss-reactive ketones (excluding diaryl/α,β-unsaturated/α-hetero) is 1. The second-order valence-corrected chi connectivity index (χ2v) is 6.84. The Balaban J connectivity index is 2.07. The Morgan fingerprint density at radius 2 is 2.05 bits per heavy atom. The average molecular weight is 268 g/mol. The lowest BCUT2D eigenvalue weighted by molar-refractivity contribution is -0.130. The molecule has 3 unspecified atom stereocenters. The van der Waals surface area contributed by atoms with Crippen molar-refractivity contribution in [3.05, 3.63) is 0 Å². The van der Waals surface area contributed by atoms with Crippen molar-refractivity contribution in [1.29, 1.82) is 0 Å². The summed E-state index contributed by atoms with van der Waals surface area (Å²) in [4.78, 5) is 11.9. The van der Waals surface area contributed by atoms with Crippen LogP contribution in [-0.4, -0.2) is 29.2 Å². The van der Waals surface area contributed by atoms with Gasteiger partial charge in [0.2, 0.25) is 0 Å². The van der Waals surface area contributed by atoms with Crippen LogP contribution in [-0.2, 0) is 4.79 Å². The van der Waals surface area contributed by atoms with Crippen molar-refractivity contribution < 1.29 is 15.0 Å². The normalized spacial score (nSPS) is 39.9. The molecule has 0 spiro atoms. The Bertz CT molecular complexity index is 324. The minimum Gasteiger partial charge on any atom is -0.396 e. The van der Waals surface area contributed by atoms with Gasteiger partial charge in [0.15, 0.2) is 5.78 Å². The van der Waals surface area contributed by atoms with Crippen molar-refractivity contribution in [3.63, 3.8) is 0 Å². The molecule has 0 aromatic carbocycles. The van der Waals surface area contributed by atoms with Gasteiger partial charge in [0, 0.05) is 12.5 Å². The van der Waals surface area contributed by atoms with Gasteiger partial charge in [0.05, 0.1) is 0 Å². The second-order valence-electron chi connectivity index (χ2n) is 6.84. The molecule has 2 aliphatic carbocycles. The first-order chi connectivity index (χ1) is 9.06. The van der Waals surface area contributed by atoms with Gasteiger partial charge in [-0.2, -0.15) is 0 Å². The Morgan fingerprint density at radius 1 is 1.32 bits per heavy atom. The minimum absolute atomic E-state index is 0.0395. The van der Waals surface area contributed by atoms with Crippen LogP contribution in [0.15, 0.2) is 0 Å². The van der Waals surface area contributed by atoms with Crippen LogP contribution in [0, 0.1) is 29.1 Å². The molecule has 2 aliphatic rings. The third-order valence-electron chi connectivity index (χ3n) is 6.14. The summed E-state index contributed by atoms with van der Waals surface area (Å²) in [5.74, 6) is 1.76. The van der Waals surface area contributed by atoms with Crippen LogP contribution in [0.5, 0.6) is 0 Å². The summed E-state index contributed by atoms with van der Waals surface area (Å²) in [6, 6.07) is 0. The van der Waals surface area contributed by atoms with E-state index in [1.807, 2.05) is 0 Å². The van der Waals surface area contributed by atoms with E-state index in [4.69, 9.17) is 5.11 Å². The van der Waals surface area contributed by atoms with Crippen molar-refractivity contribution >= 4 is 5.78 Å². The van der Waals surface area contributed by atoms with Crippen molar-refractivity contribution in [2.75, 3.05) is 13.2 Å². The summed E-state index contributed by atoms with van der Waals surface area (Å²) in [6.45, 7) is 4.40. The van der Waals surface area contributed by atoms with Gasteiger partial charge < -0.3 is 10.2 Å². The first-order valence-corrected chi connectivity index (χ1v) is 7.81. The van der Waals surface area contributed by atoms with E-state index < -0.39 is 0 Å². The predicted octanol–water partition coefficient (Wildman–Crippen LogP) is 2.40. The summed E-state index contributed by atoms with van der Waals surface area (Å²) in [6.07, 6.45) is 6.47.